The van der Waals surface area contributed by atoms with Crippen molar-refractivity contribution in [2.24, 2.45) is 0 Å². The van der Waals surface area contributed by atoms with Gasteiger partial charge in [0.1, 0.15) is 5.69 Å². The summed E-state index contributed by atoms with van der Waals surface area (Å²) >= 11 is 0. The Labute approximate surface area is 117 Å². The van der Waals surface area contributed by atoms with Crippen LogP contribution in [-0.4, -0.2) is 45.2 Å². The Kier molecular flexibility index (Phi) is 3.60. The Hall–Kier alpha value is -2.02. The maximum atomic E-state index is 5.23. The highest BCUT2D eigenvalue weighted by Gasteiger charge is 2.28. The van der Waals surface area contributed by atoms with Crippen molar-refractivity contribution < 1.29 is 9.26 Å². The van der Waals surface area contributed by atoms with Gasteiger partial charge >= 0.3 is 0 Å². The van der Waals surface area contributed by atoms with Crippen molar-refractivity contribution in [3.63, 3.8) is 0 Å². The molecule has 7 heteroatoms. The van der Waals surface area contributed by atoms with Crippen molar-refractivity contribution in [3.05, 3.63) is 29.8 Å². The lowest BCUT2D eigenvalue weighted by Crippen LogP contribution is -2.21. The average Bonchev–Trinajstić information content (AvgIpc) is 3.08. The highest BCUT2D eigenvalue weighted by Crippen LogP contribution is 2.27. The molecule has 20 heavy (non-hydrogen) atoms. The van der Waals surface area contributed by atoms with E-state index in [1.807, 2.05) is 6.92 Å². The Bertz CT molecular complexity index is 586. The van der Waals surface area contributed by atoms with E-state index in [0.717, 1.165) is 37.6 Å². The third-order valence-electron chi connectivity index (χ3n) is 3.48. The van der Waals surface area contributed by atoms with E-state index >= 15 is 0 Å². The summed E-state index contributed by atoms with van der Waals surface area (Å²) in [7, 11) is 1.61. The second kappa shape index (κ2) is 5.54. The summed E-state index contributed by atoms with van der Waals surface area (Å²) in [5.41, 5.74) is 0.861. The molecular formula is C13H17N5O2. The SMILES string of the molecule is COc1nccnc1CN1CCC(c2noc(C)n2)C1. The summed E-state index contributed by atoms with van der Waals surface area (Å²) < 4.78 is 10.3. The van der Waals surface area contributed by atoms with Gasteiger partial charge in [-0.25, -0.2) is 4.98 Å². The second-order valence-corrected chi connectivity index (χ2v) is 4.90. The van der Waals surface area contributed by atoms with Crippen LogP contribution in [0.15, 0.2) is 16.9 Å². The van der Waals surface area contributed by atoms with E-state index < -0.39 is 0 Å². The lowest BCUT2D eigenvalue weighted by Gasteiger charge is -2.15. The minimum atomic E-state index is 0.329. The smallest absolute Gasteiger partial charge is 0.236 e. The van der Waals surface area contributed by atoms with E-state index in [-0.39, 0.29) is 0 Å². The summed E-state index contributed by atoms with van der Waals surface area (Å²) in [6.45, 7) is 4.43. The molecule has 3 heterocycles. The summed E-state index contributed by atoms with van der Waals surface area (Å²) in [5, 5.41) is 4.01. The first kappa shape index (κ1) is 13.0. The van der Waals surface area contributed by atoms with E-state index in [2.05, 4.69) is 25.0 Å². The number of ether oxygens (including phenoxy) is 1. The molecule has 0 spiro atoms. The topological polar surface area (TPSA) is 77.2 Å². The minimum absolute atomic E-state index is 0.329. The third kappa shape index (κ3) is 2.62. The van der Waals surface area contributed by atoms with E-state index in [1.165, 1.54) is 0 Å². The maximum Gasteiger partial charge on any atom is 0.236 e. The highest BCUT2D eigenvalue weighted by atomic mass is 16.5. The monoisotopic (exact) mass is 275 g/mol. The molecule has 3 rings (SSSR count). The molecule has 1 aliphatic rings. The van der Waals surface area contributed by atoms with Crippen LogP contribution in [0.1, 0.15) is 29.7 Å². The fourth-order valence-corrected chi connectivity index (χ4v) is 2.51. The maximum absolute atomic E-state index is 5.23. The van der Waals surface area contributed by atoms with Crippen molar-refractivity contribution >= 4 is 0 Å². The van der Waals surface area contributed by atoms with E-state index in [4.69, 9.17) is 9.26 Å². The Morgan fingerprint density at radius 2 is 2.25 bits per heavy atom. The second-order valence-electron chi connectivity index (χ2n) is 4.90. The van der Waals surface area contributed by atoms with Crippen LogP contribution in [0.25, 0.3) is 0 Å². The van der Waals surface area contributed by atoms with Gasteiger partial charge in [0, 0.05) is 38.3 Å². The van der Waals surface area contributed by atoms with Gasteiger partial charge in [-0.05, 0) is 13.0 Å². The van der Waals surface area contributed by atoms with Crippen molar-refractivity contribution in [2.75, 3.05) is 20.2 Å². The highest BCUT2D eigenvalue weighted by molar-refractivity contribution is 5.17. The molecule has 7 nitrogen and oxygen atoms in total. The van der Waals surface area contributed by atoms with Gasteiger partial charge in [0.2, 0.25) is 11.8 Å². The predicted octanol–water partition coefficient (Wildman–Crippen LogP) is 1.17. The van der Waals surface area contributed by atoms with Gasteiger partial charge in [-0.3, -0.25) is 9.88 Å². The molecule has 1 aliphatic heterocycles. The molecule has 0 aliphatic carbocycles. The number of rotatable bonds is 4. The Morgan fingerprint density at radius 3 is 3.00 bits per heavy atom. The average molecular weight is 275 g/mol. The summed E-state index contributed by atoms with van der Waals surface area (Å²) in [5.74, 6) is 2.34. The van der Waals surface area contributed by atoms with E-state index in [1.54, 1.807) is 19.5 Å². The zero-order valence-electron chi connectivity index (χ0n) is 11.6. The molecule has 1 fully saturated rings. The number of aromatic nitrogens is 4. The summed E-state index contributed by atoms with van der Waals surface area (Å²) in [4.78, 5) is 15.1. The Morgan fingerprint density at radius 1 is 1.40 bits per heavy atom. The van der Waals surface area contributed by atoms with Crippen molar-refractivity contribution in [3.8, 4) is 5.88 Å². The molecule has 0 saturated carbocycles. The fourth-order valence-electron chi connectivity index (χ4n) is 2.51. The van der Waals surface area contributed by atoms with Crippen LogP contribution in [0.3, 0.4) is 0 Å². The first-order valence-electron chi connectivity index (χ1n) is 6.62. The standard InChI is InChI=1S/C13H17N5O2/c1-9-16-12(17-20-9)10-3-6-18(7-10)8-11-13(19-2)15-5-4-14-11/h4-5,10H,3,6-8H2,1-2H3. The number of nitrogens with zero attached hydrogens (tertiary/aromatic N) is 5. The molecule has 1 unspecified atom stereocenters. The molecular weight excluding hydrogens is 258 g/mol. The van der Waals surface area contributed by atoms with Crippen LogP contribution in [-0.2, 0) is 6.54 Å². The van der Waals surface area contributed by atoms with E-state index in [9.17, 15) is 0 Å². The van der Waals surface area contributed by atoms with Gasteiger partial charge in [-0.15, -0.1) is 0 Å². The normalized spacial score (nSPS) is 19.4. The number of hydrogen-bond donors (Lipinski definition) is 0. The van der Waals surface area contributed by atoms with Crippen LogP contribution in [0, 0.1) is 6.92 Å². The quantitative estimate of drug-likeness (QED) is 0.828. The van der Waals surface area contributed by atoms with Crippen molar-refractivity contribution in [1.82, 2.24) is 25.0 Å². The van der Waals surface area contributed by atoms with Crippen LogP contribution in [0.4, 0.5) is 0 Å². The minimum Gasteiger partial charge on any atom is -0.480 e. The van der Waals surface area contributed by atoms with Gasteiger partial charge in [-0.2, -0.15) is 4.98 Å². The molecule has 0 radical (unpaired) electrons. The number of aryl methyl sites for hydroxylation is 1. The number of hydrogen-bond acceptors (Lipinski definition) is 7. The van der Waals surface area contributed by atoms with E-state index in [0.29, 0.717) is 17.7 Å². The molecule has 2 aromatic rings. The first-order chi connectivity index (χ1) is 9.76. The van der Waals surface area contributed by atoms with Crippen LogP contribution >= 0.6 is 0 Å². The molecule has 1 saturated heterocycles. The molecule has 2 aromatic heterocycles. The number of likely N-dealkylation sites (tertiary alicyclic amines) is 1. The zero-order valence-corrected chi connectivity index (χ0v) is 11.6. The predicted molar refractivity (Wildman–Crippen MR) is 70.3 cm³/mol. The molecule has 0 aromatic carbocycles. The molecule has 0 amide bonds. The molecule has 0 N–H and O–H groups in total. The third-order valence-corrected chi connectivity index (χ3v) is 3.48. The van der Waals surface area contributed by atoms with Crippen LogP contribution in [0.2, 0.25) is 0 Å². The van der Waals surface area contributed by atoms with Crippen molar-refractivity contribution in [2.45, 2.75) is 25.8 Å². The summed E-state index contributed by atoms with van der Waals surface area (Å²) in [6, 6.07) is 0. The first-order valence-corrected chi connectivity index (χ1v) is 6.62. The van der Waals surface area contributed by atoms with Gasteiger partial charge in [0.15, 0.2) is 5.82 Å². The van der Waals surface area contributed by atoms with Crippen molar-refractivity contribution in [1.29, 1.82) is 0 Å². The van der Waals surface area contributed by atoms with Gasteiger partial charge in [0.25, 0.3) is 0 Å². The fraction of sp³-hybridized carbons (Fsp3) is 0.538. The van der Waals surface area contributed by atoms with Gasteiger partial charge in [-0.1, -0.05) is 5.16 Å². The lowest BCUT2D eigenvalue weighted by molar-refractivity contribution is 0.306. The molecule has 1 atom stereocenters. The van der Waals surface area contributed by atoms with Gasteiger partial charge < -0.3 is 9.26 Å². The zero-order chi connectivity index (χ0) is 13.9. The molecule has 106 valence electrons. The Balaban J connectivity index is 1.66. The lowest BCUT2D eigenvalue weighted by atomic mass is 10.1. The molecule has 0 bridgehead atoms. The van der Waals surface area contributed by atoms with Crippen LogP contribution in [0.5, 0.6) is 5.88 Å². The summed E-state index contributed by atoms with van der Waals surface area (Å²) in [6.07, 6.45) is 4.35. The van der Waals surface area contributed by atoms with Gasteiger partial charge in [0.05, 0.1) is 7.11 Å². The largest absolute Gasteiger partial charge is 0.480 e. The van der Waals surface area contributed by atoms with Crippen LogP contribution < -0.4 is 4.74 Å². The number of methoxy groups -OCH3 is 1.